The van der Waals surface area contributed by atoms with Crippen molar-refractivity contribution in [2.45, 2.75) is 18.9 Å². The number of nitrogens with one attached hydrogen (secondary N) is 1. The zero-order valence-corrected chi connectivity index (χ0v) is 9.78. The van der Waals surface area contributed by atoms with Gasteiger partial charge in [0.15, 0.2) is 0 Å². The van der Waals surface area contributed by atoms with Gasteiger partial charge in [-0.15, -0.1) is 0 Å². The Bertz CT molecular complexity index is 357. The highest BCUT2D eigenvalue weighted by Gasteiger charge is 2.25. The van der Waals surface area contributed by atoms with Gasteiger partial charge in [-0.3, -0.25) is 0 Å². The maximum absolute atomic E-state index is 5.24. The molecule has 1 atom stereocenters. The van der Waals surface area contributed by atoms with E-state index in [1.54, 1.807) is 0 Å². The molecule has 4 nitrogen and oxygen atoms in total. The summed E-state index contributed by atoms with van der Waals surface area (Å²) in [6.07, 6.45) is 6.34. The van der Waals surface area contributed by atoms with E-state index in [0.29, 0.717) is 6.04 Å². The zero-order chi connectivity index (χ0) is 11.0. The maximum Gasteiger partial charge on any atom is 0.116 e. The first kappa shape index (κ1) is 10.0. The third-order valence-corrected chi connectivity index (χ3v) is 3.58. The van der Waals surface area contributed by atoms with Crippen LogP contribution in [0.15, 0.2) is 16.9 Å². The molecule has 1 unspecified atom stereocenters. The fourth-order valence-electron chi connectivity index (χ4n) is 2.77. The van der Waals surface area contributed by atoms with Crippen molar-refractivity contribution in [2.75, 3.05) is 43.4 Å². The van der Waals surface area contributed by atoms with Crippen molar-refractivity contribution in [3.8, 4) is 0 Å². The Balaban J connectivity index is 1.66. The van der Waals surface area contributed by atoms with Crippen LogP contribution in [0.4, 0.5) is 11.4 Å². The molecule has 2 aliphatic rings. The average Bonchev–Trinajstić information content (AvgIpc) is 2.87. The third-order valence-electron chi connectivity index (χ3n) is 3.58. The number of furan rings is 1. The highest BCUT2D eigenvalue weighted by molar-refractivity contribution is 5.70. The minimum Gasteiger partial charge on any atom is -0.468 e. The Morgan fingerprint density at radius 3 is 3.00 bits per heavy atom. The van der Waals surface area contributed by atoms with Crippen LogP contribution < -0.4 is 10.2 Å². The van der Waals surface area contributed by atoms with Crippen LogP contribution in [0.25, 0.3) is 0 Å². The van der Waals surface area contributed by atoms with E-state index < -0.39 is 0 Å². The molecule has 0 spiro atoms. The van der Waals surface area contributed by atoms with Crippen molar-refractivity contribution in [1.82, 2.24) is 4.90 Å². The van der Waals surface area contributed by atoms with Crippen molar-refractivity contribution < 1.29 is 4.42 Å². The van der Waals surface area contributed by atoms with E-state index in [9.17, 15) is 0 Å². The van der Waals surface area contributed by atoms with Crippen LogP contribution in [-0.4, -0.2) is 44.2 Å². The summed E-state index contributed by atoms with van der Waals surface area (Å²) < 4.78 is 5.24. The maximum atomic E-state index is 5.24. The van der Waals surface area contributed by atoms with Crippen LogP contribution in [0.1, 0.15) is 12.8 Å². The number of nitrogens with zero attached hydrogens (tertiary/aromatic N) is 2. The van der Waals surface area contributed by atoms with E-state index in [1.807, 2.05) is 12.5 Å². The molecule has 1 N–H and O–H groups in total. The topological polar surface area (TPSA) is 31.6 Å². The normalized spacial score (nSPS) is 25.6. The molecule has 1 aromatic rings. The number of fused-ring (bicyclic) bond motifs is 1. The molecule has 1 fully saturated rings. The SMILES string of the molecule is CN1CC(CN2CCCC2)Nc2cocc21. The van der Waals surface area contributed by atoms with Crippen LogP contribution in [0.2, 0.25) is 0 Å². The summed E-state index contributed by atoms with van der Waals surface area (Å²) >= 11 is 0. The van der Waals surface area contributed by atoms with Crippen molar-refractivity contribution in [2.24, 2.45) is 0 Å². The van der Waals surface area contributed by atoms with Gasteiger partial charge in [-0.25, -0.2) is 0 Å². The summed E-state index contributed by atoms with van der Waals surface area (Å²) in [7, 11) is 2.13. The highest BCUT2D eigenvalue weighted by atomic mass is 16.3. The summed E-state index contributed by atoms with van der Waals surface area (Å²) in [5, 5.41) is 3.56. The van der Waals surface area contributed by atoms with Gasteiger partial charge in [0.1, 0.15) is 12.5 Å². The summed E-state index contributed by atoms with van der Waals surface area (Å²) in [5.41, 5.74) is 2.32. The monoisotopic (exact) mass is 221 g/mol. The lowest BCUT2D eigenvalue weighted by Crippen LogP contribution is -2.45. The van der Waals surface area contributed by atoms with Crippen LogP contribution in [0, 0.1) is 0 Å². The molecule has 0 bridgehead atoms. The molecule has 3 heterocycles. The second-order valence-electron chi connectivity index (χ2n) is 4.90. The minimum atomic E-state index is 0.521. The fourth-order valence-corrected chi connectivity index (χ4v) is 2.77. The number of hydrogen-bond donors (Lipinski definition) is 1. The highest BCUT2D eigenvalue weighted by Crippen LogP contribution is 2.30. The van der Waals surface area contributed by atoms with Gasteiger partial charge in [0.05, 0.1) is 17.4 Å². The minimum absolute atomic E-state index is 0.521. The molecule has 4 heteroatoms. The van der Waals surface area contributed by atoms with Gasteiger partial charge in [-0.05, 0) is 25.9 Å². The molecule has 2 aliphatic heterocycles. The quantitative estimate of drug-likeness (QED) is 0.822. The van der Waals surface area contributed by atoms with Crippen molar-refractivity contribution in [3.63, 3.8) is 0 Å². The number of likely N-dealkylation sites (tertiary alicyclic amines) is 1. The van der Waals surface area contributed by atoms with Crippen molar-refractivity contribution in [3.05, 3.63) is 12.5 Å². The lowest BCUT2D eigenvalue weighted by Gasteiger charge is -2.34. The molecular weight excluding hydrogens is 202 g/mol. The lowest BCUT2D eigenvalue weighted by molar-refractivity contribution is 0.321. The van der Waals surface area contributed by atoms with Crippen molar-refractivity contribution in [1.29, 1.82) is 0 Å². The molecule has 88 valence electrons. The predicted octanol–water partition coefficient (Wildman–Crippen LogP) is 1.61. The molecule has 0 aliphatic carbocycles. The number of anilines is 2. The zero-order valence-electron chi connectivity index (χ0n) is 9.78. The molecule has 0 amide bonds. The smallest absolute Gasteiger partial charge is 0.116 e. The first-order valence-electron chi connectivity index (χ1n) is 6.09. The standard InChI is InChI=1S/C12H19N3O/c1-14-6-10(7-15-4-2-3-5-15)13-11-8-16-9-12(11)14/h8-10,13H,2-7H2,1H3. The second kappa shape index (κ2) is 4.01. The largest absolute Gasteiger partial charge is 0.468 e. The predicted molar refractivity (Wildman–Crippen MR) is 65.1 cm³/mol. The summed E-state index contributed by atoms with van der Waals surface area (Å²) in [4.78, 5) is 4.83. The van der Waals surface area contributed by atoms with E-state index in [4.69, 9.17) is 4.42 Å². The summed E-state index contributed by atoms with van der Waals surface area (Å²) in [6, 6.07) is 0.521. The molecule has 0 radical (unpaired) electrons. The molecule has 1 aromatic heterocycles. The Morgan fingerprint density at radius 1 is 1.38 bits per heavy atom. The third kappa shape index (κ3) is 1.78. The summed E-state index contributed by atoms with van der Waals surface area (Å²) in [6.45, 7) is 4.73. The second-order valence-corrected chi connectivity index (χ2v) is 4.90. The molecular formula is C12H19N3O. The van der Waals surface area contributed by atoms with Crippen LogP contribution in [-0.2, 0) is 0 Å². The molecule has 3 rings (SSSR count). The van der Waals surface area contributed by atoms with Gasteiger partial charge in [-0.1, -0.05) is 0 Å². The van der Waals surface area contributed by atoms with E-state index >= 15 is 0 Å². The number of hydrogen-bond acceptors (Lipinski definition) is 4. The number of rotatable bonds is 2. The van der Waals surface area contributed by atoms with Crippen molar-refractivity contribution >= 4 is 11.4 Å². The summed E-state index contributed by atoms with van der Waals surface area (Å²) in [5.74, 6) is 0. The molecule has 0 aromatic carbocycles. The Labute approximate surface area is 96.2 Å². The first-order chi connectivity index (χ1) is 7.83. The van der Waals surface area contributed by atoms with E-state index in [2.05, 4.69) is 22.2 Å². The fraction of sp³-hybridized carbons (Fsp3) is 0.667. The van der Waals surface area contributed by atoms with Crippen LogP contribution >= 0.6 is 0 Å². The molecule has 1 saturated heterocycles. The van der Waals surface area contributed by atoms with E-state index in [1.165, 1.54) is 31.6 Å². The lowest BCUT2D eigenvalue weighted by atomic mass is 10.2. The Hall–Kier alpha value is -1.16. The first-order valence-corrected chi connectivity index (χ1v) is 6.09. The van der Waals surface area contributed by atoms with Gasteiger partial charge >= 0.3 is 0 Å². The van der Waals surface area contributed by atoms with Crippen LogP contribution in [0.5, 0.6) is 0 Å². The molecule has 16 heavy (non-hydrogen) atoms. The van der Waals surface area contributed by atoms with Gasteiger partial charge in [0.25, 0.3) is 0 Å². The van der Waals surface area contributed by atoms with Gasteiger partial charge in [-0.2, -0.15) is 0 Å². The van der Waals surface area contributed by atoms with Gasteiger partial charge in [0, 0.05) is 20.1 Å². The Morgan fingerprint density at radius 2 is 2.19 bits per heavy atom. The van der Waals surface area contributed by atoms with Gasteiger partial charge in [0.2, 0.25) is 0 Å². The van der Waals surface area contributed by atoms with E-state index in [-0.39, 0.29) is 0 Å². The Kier molecular flexibility index (Phi) is 2.52. The molecule has 0 saturated carbocycles. The van der Waals surface area contributed by atoms with E-state index in [0.717, 1.165) is 18.8 Å². The van der Waals surface area contributed by atoms with Crippen LogP contribution in [0.3, 0.4) is 0 Å². The number of likely N-dealkylation sites (N-methyl/N-ethyl adjacent to an activating group) is 1. The average molecular weight is 221 g/mol. The van der Waals surface area contributed by atoms with Gasteiger partial charge < -0.3 is 19.5 Å².